The minimum atomic E-state index is 0.0828. The van der Waals surface area contributed by atoms with Crippen LogP contribution in [0.15, 0.2) is 22.7 Å². The second kappa shape index (κ2) is 4.03. The van der Waals surface area contributed by atoms with Crippen molar-refractivity contribution >= 4 is 15.9 Å². The van der Waals surface area contributed by atoms with Crippen LogP contribution in [0, 0.1) is 12.3 Å². The highest BCUT2D eigenvalue weighted by Crippen LogP contribution is 2.32. The van der Waals surface area contributed by atoms with Crippen molar-refractivity contribution in [2.45, 2.75) is 33.7 Å². The summed E-state index contributed by atoms with van der Waals surface area (Å²) in [6, 6.07) is 6.41. The quantitative estimate of drug-likeness (QED) is 0.812. The molecule has 0 aliphatic heterocycles. The molecule has 0 heterocycles. The fraction of sp³-hybridized carbons (Fsp3) is 0.500. The third kappa shape index (κ3) is 2.58. The van der Waals surface area contributed by atoms with E-state index in [1.807, 2.05) is 0 Å². The van der Waals surface area contributed by atoms with Gasteiger partial charge in [0.2, 0.25) is 0 Å². The molecule has 78 valence electrons. The van der Waals surface area contributed by atoms with Crippen LogP contribution in [0.1, 0.15) is 37.9 Å². The molecule has 0 aromatic heterocycles. The van der Waals surface area contributed by atoms with Crippen molar-refractivity contribution in [3.8, 4) is 0 Å². The molecule has 1 unspecified atom stereocenters. The first-order valence-corrected chi connectivity index (χ1v) is 5.63. The molecule has 0 saturated carbocycles. The van der Waals surface area contributed by atoms with Gasteiger partial charge in [-0.05, 0) is 29.5 Å². The molecule has 0 amide bonds. The molecule has 1 aromatic rings. The van der Waals surface area contributed by atoms with Crippen LogP contribution in [-0.4, -0.2) is 0 Å². The average molecular weight is 256 g/mol. The maximum absolute atomic E-state index is 6.17. The Kier molecular flexibility index (Phi) is 3.38. The summed E-state index contributed by atoms with van der Waals surface area (Å²) in [5.41, 5.74) is 8.71. The van der Waals surface area contributed by atoms with Crippen molar-refractivity contribution < 1.29 is 0 Å². The zero-order valence-electron chi connectivity index (χ0n) is 9.26. The minimum absolute atomic E-state index is 0.0828. The van der Waals surface area contributed by atoms with E-state index in [4.69, 9.17) is 5.73 Å². The van der Waals surface area contributed by atoms with Crippen LogP contribution < -0.4 is 5.73 Å². The number of halogens is 1. The van der Waals surface area contributed by atoms with Gasteiger partial charge < -0.3 is 5.73 Å². The Labute approximate surface area is 94.8 Å². The van der Waals surface area contributed by atoms with E-state index in [0.29, 0.717) is 0 Å². The predicted molar refractivity (Wildman–Crippen MR) is 65.3 cm³/mol. The van der Waals surface area contributed by atoms with Gasteiger partial charge in [0.1, 0.15) is 0 Å². The first kappa shape index (κ1) is 11.7. The molecule has 0 bridgehead atoms. The van der Waals surface area contributed by atoms with E-state index in [1.54, 1.807) is 0 Å². The Morgan fingerprint density at radius 2 is 1.86 bits per heavy atom. The largest absolute Gasteiger partial charge is 0.324 e. The minimum Gasteiger partial charge on any atom is -0.324 e. The molecule has 2 heteroatoms. The van der Waals surface area contributed by atoms with Crippen LogP contribution >= 0.6 is 15.9 Å². The van der Waals surface area contributed by atoms with E-state index < -0.39 is 0 Å². The summed E-state index contributed by atoms with van der Waals surface area (Å²) >= 11 is 3.53. The lowest BCUT2D eigenvalue weighted by molar-refractivity contribution is 0.327. The van der Waals surface area contributed by atoms with Gasteiger partial charge in [0.05, 0.1) is 0 Å². The predicted octanol–water partition coefficient (Wildman–Crippen LogP) is 3.80. The maximum Gasteiger partial charge on any atom is 0.0344 e. The van der Waals surface area contributed by atoms with Crippen LogP contribution in [0.5, 0.6) is 0 Å². The first-order valence-electron chi connectivity index (χ1n) is 4.84. The summed E-state index contributed by atoms with van der Waals surface area (Å²) in [7, 11) is 0. The summed E-state index contributed by atoms with van der Waals surface area (Å²) in [6.07, 6.45) is 0. The number of rotatable bonds is 1. The monoisotopic (exact) mass is 255 g/mol. The van der Waals surface area contributed by atoms with Crippen molar-refractivity contribution in [3.05, 3.63) is 33.8 Å². The molecule has 2 N–H and O–H groups in total. The molecule has 0 aliphatic carbocycles. The fourth-order valence-corrected chi connectivity index (χ4v) is 1.70. The summed E-state index contributed by atoms with van der Waals surface area (Å²) in [5.74, 6) is 0. The zero-order chi connectivity index (χ0) is 10.9. The normalized spacial score (nSPS) is 14.1. The van der Waals surface area contributed by atoms with Gasteiger partial charge in [-0.2, -0.15) is 0 Å². The van der Waals surface area contributed by atoms with E-state index in [1.165, 1.54) is 11.1 Å². The van der Waals surface area contributed by atoms with Gasteiger partial charge in [-0.3, -0.25) is 0 Å². The molecule has 1 nitrogen and oxygen atoms in total. The van der Waals surface area contributed by atoms with E-state index in [-0.39, 0.29) is 11.5 Å². The van der Waals surface area contributed by atoms with Crippen molar-refractivity contribution in [2.24, 2.45) is 11.1 Å². The van der Waals surface area contributed by atoms with Gasteiger partial charge in [-0.15, -0.1) is 0 Å². The Bertz CT molecular complexity index is 326. The third-order valence-electron chi connectivity index (χ3n) is 2.49. The van der Waals surface area contributed by atoms with Crippen LogP contribution in [-0.2, 0) is 0 Å². The number of hydrogen-bond donors (Lipinski definition) is 1. The highest BCUT2D eigenvalue weighted by atomic mass is 79.9. The lowest BCUT2D eigenvalue weighted by atomic mass is 9.83. The second-order valence-corrected chi connectivity index (χ2v) is 5.71. The number of hydrogen-bond acceptors (Lipinski definition) is 1. The van der Waals surface area contributed by atoms with E-state index in [0.717, 1.165) is 4.47 Å². The molecule has 1 atom stereocenters. The van der Waals surface area contributed by atoms with Gasteiger partial charge in [-0.25, -0.2) is 0 Å². The zero-order valence-corrected chi connectivity index (χ0v) is 10.9. The molecule has 0 radical (unpaired) electrons. The molecular formula is C12H18BrN. The molecule has 1 aromatic carbocycles. The Morgan fingerprint density at radius 3 is 2.29 bits per heavy atom. The van der Waals surface area contributed by atoms with Crippen molar-refractivity contribution in [2.75, 3.05) is 0 Å². The van der Waals surface area contributed by atoms with Gasteiger partial charge in [-0.1, -0.05) is 48.8 Å². The van der Waals surface area contributed by atoms with Crippen LogP contribution in [0.3, 0.4) is 0 Å². The molecule has 0 spiro atoms. The first-order chi connectivity index (χ1) is 6.32. The summed E-state index contributed by atoms with van der Waals surface area (Å²) in [5, 5.41) is 0. The highest BCUT2D eigenvalue weighted by Gasteiger charge is 2.22. The number of aryl methyl sites for hydroxylation is 1. The van der Waals surface area contributed by atoms with Gasteiger partial charge in [0.15, 0.2) is 0 Å². The number of nitrogens with two attached hydrogens (primary N) is 1. The lowest BCUT2D eigenvalue weighted by Gasteiger charge is -2.27. The molecule has 0 fully saturated rings. The molecule has 1 rings (SSSR count). The van der Waals surface area contributed by atoms with Crippen LogP contribution in [0.25, 0.3) is 0 Å². The van der Waals surface area contributed by atoms with Crippen molar-refractivity contribution in [3.63, 3.8) is 0 Å². The molecule has 0 saturated heterocycles. The van der Waals surface area contributed by atoms with E-state index >= 15 is 0 Å². The van der Waals surface area contributed by atoms with Gasteiger partial charge in [0.25, 0.3) is 0 Å². The van der Waals surface area contributed by atoms with E-state index in [9.17, 15) is 0 Å². The lowest BCUT2D eigenvalue weighted by Crippen LogP contribution is -2.26. The Hall–Kier alpha value is -0.340. The number of benzene rings is 1. The Morgan fingerprint density at radius 1 is 1.29 bits per heavy atom. The van der Waals surface area contributed by atoms with Gasteiger partial charge >= 0.3 is 0 Å². The van der Waals surface area contributed by atoms with Crippen LogP contribution in [0.2, 0.25) is 0 Å². The van der Waals surface area contributed by atoms with E-state index in [2.05, 4.69) is 61.8 Å². The SMILES string of the molecule is Cc1ccc(C(N)C(C)(C)C)cc1Br. The molecular weight excluding hydrogens is 238 g/mol. The fourth-order valence-electron chi connectivity index (χ4n) is 1.30. The average Bonchev–Trinajstić information content (AvgIpc) is 2.07. The summed E-state index contributed by atoms with van der Waals surface area (Å²) < 4.78 is 1.13. The highest BCUT2D eigenvalue weighted by molar-refractivity contribution is 9.10. The molecule has 0 aliphatic rings. The maximum atomic E-state index is 6.17. The summed E-state index contributed by atoms with van der Waals surface area (Å²) in [4.78, 5) is 0. The second-order valence-electron chi connectivity index (χ2n) is 4.85. The van der Waals surface area contributed by atoms with Gasteiger partial charge in [0, 0.05) is 10.5 Å². The summed E-state index contributed by atoms with van der Waals surface area (Å²) in [6.45, 7) is 8.55. The third-order valence-corrected chi connectivity index (χ3v) is 3.34. The standard InChI is InChI=1S/C12H18BrN/c1-8-5-6-9(7-10(8)13)11(14)12(2,3)4/h5-7,11H,14H2,1-4H3. The van der Waals surface area contributed by atoms with Crippen LogP contribution in [0.4, 0.5) is 0 Å². The Balaban J connectivity index is 3.03. The van der Waals surface area contributed by atoms with Crippen molar-refractivity contribution in [1.29, 1.82) is 0 Å². The molecule has 14 heavy (non-hydrogen) atoms. The smallest absolute Gasteiger partial charge is 0.0344 e. The topological polar surface area (TPSA) is 26.0 Å². The van der Waals surface area contributed by atoms with Crippen molar-refractivity contribution in [1.82, 2.24) is 0 Å².